The van der Waals surface area contributed by atoms with E-state index in [0.717, 1.165) is 27.9 Å². The number of rotatable bonds is 2. The van der Waals surface area contributed by atoms with Gasteiger partial charge >= 0.3 is 5.97 Å². The number of nitrogens with one attached hydrogen (secondary N) is 2. The van der Waals surface area contributed by atoms with Crippen molar-refractivity contribution in [1.82, 2.24) is 15.0 Å². The highest BCUT2D eigenvalue weighted by molar-refractivity contribution is 5.97. The zero-order valence-electron chi connectivity index (χ0n) is 10.7. The second-order valence-corrected chi connectivity index (χ2v) is 4.31. The van der Waals surface area contributed by atoms with Crippen LogP contribution in [-0.4, -0.2) is 28.0 Å². The van der Waals surface area contributed by atoms with Crippen LogP contribution in [0.15, 0.2) is 30.5 Å². The molecule has 5 nitrogen and oxygen atoms in total. The van der Waals surface area contributed by atoms with Crippen molar-refractivity contribution in [2.24, 2.45) is 0 Å². The lowest BCUT2D eigenvalue weighted by molar-refractivity contribution is 0.0588. The minimum Gasteiger partial charge on any atom is -0.463 e. The number of H-pyrrole nitrogens is 2. The molecule has 1 aromatic carbocycles. The Labute approximate surface area is 109 Å². The van der Waals surface area contributed by atoms with E-state index < -0.39 is 5.97 Å². The van der Waals surface area contributed by atoms with Crippen LogP contribution in [0.1, 0.15) is 16.3 Å². The number of esters is 1. The summed E-state index contributed by atoms with van der Waals surface area (Å²) in [5, 5.41) is 1.10. The van der Waals surface area contributed by atoms with Crippen LogP contribution < -0.4 is 0 Å². The molecule has 0 atom stereocenters. The van der Waals surface area contributed by atoms with Gasteiger partial charge in [-0.15, -0.1) is 0 Å². The average molecular weight is 255 g/mol. The summed E-state index contributed by atoms with van der Waals surface area (Å²) in [6, 6.07) is 8.02. The van der Waals surface area contributed by atoms with Gasteiger partial charge in [-0.1, -0.05) is 18.2 Å². The van der Waals surface area contributed by atoms with Gasteiger partial charge < -0.3 is 14.7 Å². The van der Waals surface area contributed by atoms with Crippen molar-refractivity contribution in [1.29, 1.82) is 0 Å². The number of imidazole rings is 1. The number of benzene rings is 1. The highest BCUT2D eigenvalue weighted by atomic mass is 16.5. The summed E-state index contributed by atoms with van der Waals surface area (Å²) in [7, 11) is 1.33. The van der Waals surface area contributed by atoms with Crippen LogP contribution in [0.3, 0.4) is 0 Å². The predicted molar refractivity (Wildman–Crippen MR) is 72.0 cm³/mol. The van der Waals surface area contributed by atoms with Crippen molar-refractivity contribution in [2.75, 3.05) is 7.11 Å². The molecule has 0 aliphatic heterocycles. The number of ether oxygens (including phenoxy) is 1. The second kappa shape index (κ2) is 4.28. The summed E-state index contributed by atoms with van der Waals surface area (Å²) in [6.45, 7) is 1.99. The quantitative estimate of drug-likeness (QED) is 0.691. The van der Waals surface area contributed by atoms with Crippen molar-refractivity contribution < 1.29 is 9.53 Å². The summed E-state index contributed by atoms with van der Waals surface area (Å²) in [6.07, 6.45) is 1.65. The van der Waals surface area contributed by atoms with Crippen molar-refractivity contribution >= 4 is 16.9 Å². The molecule has 3 rings (SSSR count). The van der Waals surface area contributed by atoms with Gasteiger partial charge in [-0.05, 0) is 13.0 Å². The SMILES string of the molecule is COC(=O)c1ncc(-c2c(C)[nH]c3ccccc23)[nH]1. The molecular weight excluding hydrogens is 242 g/mol. The number of hydrogen-bond donors (Lipinski definition) is 2. The van der Waals surface area contributed by atoms with Crippen molar-refractivity contribution in [3.8, 4) is 11.3 Å². The lowest BCUT2D eigenvalue weighted by Gasteiger charge is -1.97. The van der Waals surface area contributed by atoms with E-state index in [1.54, 1.807) is 6.20 Å². The first-order valence-electron chi connectivity index (χ1n) is 5.91. The molecule has 0 saturated heterocycles. The van der Waals surface area contributed by atoms with Crippen LogP contribution in [0.25, 0.3) is 22.2 Å². The van der Waals surface area contributed by atoms with Gasteiger partial charge in [0.25, 0.3) is 0 Å². The fraction of sp³-hybridized carbons (Fsp3) is 0.143. The summed E-state index contributed by atoms with van der Waals surface area (Å²) in [5.41, 5.74) is 3.92. The first kappa shape index (κ1) is 11.5. The van der Waals surface area contributed by atoms with Crippen LogP contribution in [0.4, 0.5) is 0 Å². The van der Waals surface area contributed by atoms with E-state index in [4.69, 9.17) is 0 Å². The van der Waals surface area contributed by atoms with E-state index in [2.05, 4.69) is 19.7 Å². The number of nitrogens with zero attached hydrogens (tertiary/aromatic N) is 1. The number of carbonyl (C=O) groups excluding carboxylic acids is 1. The molecular formula is C14H13N3O2. The molecule has 3 aromatic rings. The standard InChI is InChI=1S/C14H13N3O2/c1-8-12(9-5-3-4-6-10(9)16-8)11-7-15-13(17-11)14(18)19-2/h3-7,16H,1-2H3,(H,15,17). The minimum absolute atomic E-state index is 0.210. The fourth-order valence-electron chi connectivity index (χ4n) is 2.27. The van der Waals surface area contributed by atoms with Gasteiger partial charge in [0.1, 0.15) is 0 Å². The maximum absolute atomic E-state index is 11.4. The van der Waals surface area contributed by atoms with Crippen LogP contribution in [0.5, 0.6) is 0 Å². The summed E-state index contributed by atoms with van der Waals surface area (Å²) in [4.78, 5) is 21.8. The first-order valence-corrected chi connectivity index (χ1v) is 5.91. The molecule has 0 fully saturated rings. The number of aromatic amines is 2. The Bertz CT molecular complexity index is 755. The molecule has 0 saturated carbocycles. The number of aryl methyl sites for hydroxylation is 1. The van der Waals surface area contributed by atoms with E-state index >= 15 is 0 Å². The highest BCUT2D eigenvalue weighted by Crippen LogP contribution is 2.30. The lowest BCUT2D eigenvalue weighted by Crippen LogP contribution is -2.03. The molecule has 2 aromatic heterocycles. The number of aromatic nitrogens is 3. The topological polar surface area (TPSA) is 70.8 Å². The number of methoxy groups -OCH3 is 1. The molecule has 0 spiro atoms. The van der Waals surface area contributed by atoms with Crippen LogP contribution in [0, 0.1) is 6.92 Å². The Morgan fingerprint density at radius 1 is 1.26 bits per heavy atom. The van der Waals surface area contributed by atoms with E-state index in [1.807, 2.05) is 31.2 Å². The van der Waals surface area contributed by atoms with E-state index in [1.165, 1.54) is 7.11 Å². The van der Waals surface area contributed by atoms with Gasteiger partial charge in [0.2, 0.25) is 5.82 Å². The maximum atomic E-state index is 11.4. The molecule has 2 N–H and O–H groups in total. The second-order valence-electron chi connectivity index (χ2n) is 4.31. The Morgan fingerprint density at radius 2 is 2.05 bits per heavy atom. The Kier molecular flexibility index (Phi) is 2.59. The smallest absolute Gasteiger partial charge is 0.374 e. The maximum Gasteiger partial charge on any atom is 0.374 e. The molecule has 2 heterocycles. The molecule has 0 aliphatic rings. The van der Waals surface area contributed by atoms with Gasteiger partial charge in [-0.3, -0.25) is 0 Å². The van der Waals surface area contributed by atoms with Gasteiger partial charge in [0.15, 0.2) is 0 Å². The molecule has 0 bridgehead atoms. The predicted octanol–water partition coefficient (Wildman–Crippen LogP) is 2.65. The Hall–Kier alpha value is -2.56. The van der Waals surface area contributed by atoms with Gasteiger partial charge in [0, 0.05) is 22.2 Å². The molecule has 0 unspecified atom stereocenters. The lowest BCUT2D eigenvalue weighted by atomic mass is 10.1. The van der Waals surface area contributed by atoms with E-state index in [0.29, 0.717) is 0 Å². The van der Waals surface area contributed by atoms with Crippen molar-refractivity contribution in [3.63, 3.8) is 0 Å². The van der Waals surface area contributed by atoms with Gasteiger partial charge in [-0.2, -0.15) is 0 Å². The van der Waals surface area contributed by atoms with E-state index in [9.17, 15) is 4.79 Å². The fourth-order valence-corrected chi connectivity index (χ4v) is 2.27. The average Bonchev–Trinajstić information content (AvgIpc) is 3.00. The number of carbonyl (C=O) groups is 1. The molecule has 0 aliphatic carbocycles. The van der Waals surface area contributed by atoms with Crippen LogP contribution >= 0.6 is 0 Å². The van der Waals surface area contributed by atoms with Crippen LogP contribution in [0.2, 0.25) is 0 Å². The molecule has 0 amide bonds. The Morgan fingerprint density at radius 3 is 2.84 bits per heavy atom. The first-order chi connectivity index (χ1) is 9.20. The number of fused-ring (bicyclic) bond motifs is 1. The number of para-hydroxylation sites is 1. The Balaban J connectivity index is 2.16. The third-order valence-electron chi connectivity index (χ3n) is 3.12. The third kappa shape index (κ3) is 1.79. The third-order valence-corrected chi connectivity index (χ3v) is 3.12. The minimum atomic E-state index is -0.469. The molecule has 0 radical (unpaired) electrons. The summed E-state index contributed by atoms with van der Waals surface area (Å²) >= 11 is 0. The van der Waals surface area contributed by atoms with Crippen LogP contribution in [-0.2, 0) is 4.74 Å². The molecule has 96 valence electrons. The van der Waals surface area contributed by atoms with Crippen molar-refractivity contribution in [3.05, 3.63) is 42.0 Å². The summed E-state index contributed by atoms with van der Waals surface area (Å²) < 4.78 is 4.64. The zero-order chi connectivity index (χ0) is 13.4. The van der Waals surface area contributed by atoms with Crippen molar-refractivity contribution in [2.45, 2.75) is 6.92 Å². The number of hydrogen-bond acceptors (Lipinski definition) is 3. The molecule has 19 heavy (non-hydrogen) atoms. The highest BCUT2D eigenvalue weighted by Gasteiger charge is 2.15. The largest absolute Gasteiger partial charge is 0.463 e. The van der Waals surface area contributed by atoms with Gasteiger partial charge in [-0.25, -0.2) is 9.78 Å². The normalized spacial score (nSPS) is 10.8. The zero-order valence-corrected chi connectivity index (χ0v) is 10.7. The monoisotopic (exact) mass is 255 g/mol. The molecule has 5 heteroatoms. The summed E-state index contributed by atoms with van der Waals surface area (Å²) in [5.74, 6) is -0.258. The van der Waals surface area contributed by atoms with E-state index in [-0.39, 0.29) is 5.82 Å². The van der Waals surface area contributed by atoms with Gasteiger partial charge in [0.05, 0.1) is 19.0 Å².